The molecule has 0 radical (unpaired) electrons. The van der Waals surface area contributed by atoms with Gasteiger partial charge in [0, 0.05) is 12.1 Å². The molecule has 2 bridgehead atoms. The Bertz CT molecular complexity index is 493. The second kappa shape index (κ2) is 5.82. The van der Waals surface area contributed by atoms with E-state index < -0.39 is 0 Å². The summed E-state index contributed by atoms with van der Waals surface area (Å²) in [7, 11) is 0. The van der Waals surface area contributed by atoms with Crippen molar-refractivity contribution in [1.82, 2.24) is 5.32 Å². The van der Waals surface area contributed by atoms with E-state index in [0.717, 1.165) is 17.4 Å². The summed E-state index contributed by atoms with van der Waals surface area (Å²) >= 11 is 0. The van der Waals surface area contributed by atoms with Crippen LogP contribution in [0.25, 0.3) is 6.08 Å². The number of hydrogen-bond acceptors (Lipinski definition) is 1. The van der Waals surface area contributed by atoms with Crippen LogP contribution >= 0.6 is 0 Å². The van der Waals surface area contributed by atoms with Crippen LogP contribution in [-0.2, 0) is 4.79 Å². The maximum Gasteiger partial charge on any atom is 0.244 e. The standard InChI is InChI=1S/C18H23NO/c1-13(17-12-15-7-9-16(17)11-15)19-18(20)10-8-14-5-3-2-4-6-14/h2-6,8,10,13,15-17H,7,9,11-12H2,1H3,(H,19,20)/b10-8+/t13-,15+,16+,17+/m1/s1. The maximum absolute atomic E-state index is 12.0. The molecule has 0 heterocycles. The molecule has 0 spiro atoms. The molecular weight excluding hydrogens is 246 g/mol. The van der Waals surface area contributed by atoms with Crippen molar-refractivity contribution in [2.75, 3.05) is 0 Å². The van der Waals surface area contributed by atoms with E-state index in [-0.39, 0.29) is 5.91 Å². The topological polar surface area (TPSA) is 29.1 Å². The van der Waals surface area contributed by atoms with Gasteiger partial charge in [0.25, 0.3) is 0 Å². The second-order valence-corrected chi connectivity index (χ2v) is 6.38. The van der Waals surface area contributed by atoms with Gasteiger partial charge in [-0.1, -0.05) is 36.8 Å². The molecule has 2 aliphatic rings. The van der Waals surface area contributed by atoms with Crippen LogP contribution in [0.4, 0.5) is 0 Å². The molecule has 20 heavy (non-hydrogen) atoms. The number of carbonyl (C=O) groups is 1. The summed E-state index contributed by atoms with van der Waals surface area (Å²) in [6, 6.07) is 10.3. The molecular formula is C18H23NO. The van der Waals surface area contributed by atoms with E-state index in [1.807, 2.05) is 36.4 Å². The second-order valence-electron chi connectivity index (χ2n) is 6.38. The lowest BCUT2D eigenvalue weighted by Gasteiger charge is -2.28. The summed E-state index contributed by atoms with van der Waals surface area (Å²) in [4.78, 5) is 12.0. The number of fused-ring (bicyclic) bond motifs is 2. The smallest absolute Gasteiger partial charge is 0.244 e. The molecule has 2 heteroatoms. The highest BCUT2D eigenvalue weighted by atomic mass is 16.1. The lowest BCUT2D eigenvalue weighted by Crippen LogP contribution is -2.39. The van der Waals surface area contributed by atoms with Gasteiger partial charge < -0.3 is 5.32 Å². The first-order chi connectivity index (χ1) is 9.72. The molecule has 1 N–H and O–H groups in total. The van der Waals surface area contributed by atoms with Crippen LogP contribution in [0.3, 0.4) is 0 Å². The van der Waals surface area contributed by atoms with E-state index in [1.54, 1.807) is 6.08 Å². The molecule has 4 atom stereocenters. The summed E-state index contributed by atoms with van der Waals surface area (Å²) in [6.07, 6.45) is 9.02. The van der Waals surface area contributed by atoms with E-state index in [2.05, 4.69) is 12.2 Å². The molecule has 3 rings (SSSR count). The lowest BCUT2D eigenvalue weighted by molar-refractivity contribution is -0.117. The van der Waals surface area contributed by atoms with Gasteiger partial charge in [-0.2, -0.15) is 0 Å². The van der Waals surface area contributed by atoms with Gasteiger partial charge in [0.05, 0.1) is 0 Å². The zero-order valence-corrected chi connectivity index (χ0v) is 12.1. The van der Waals surface area contributed by atoms with Crippen molar-refractivity contribution >= 4 is 12.0 Å². The molecule has 106 valence electrons. The molecule has 1 aromatic carbocycles. The zero-order valence-electron chi connectivity index (χ0n) is 12.1. The Labute approximate surface area is 121 Å². The number of rotatable bonds is 4. The van der Waals surface area contributed by atoms with Crippen molar-refractivity contribution in [3.05, 3.63) is 42.0 Å². The quantitative estimate of drug-likeness (QED) is 0.831. The molecule has 2 fully saturated rings. The van der Waals surface area contributed by atoms with Crippen LogP contribution in [-0.4, -0.2) is 11.9 Å². The van der Waals surface area contributed by atoms with E-state index >= 15 is 0 Å². The van der Waals surface area contributed by atoms with Crippen molar-refractivity contribution in [3.63, 3.8) is 0 Å². The zero-order chi connectivity index (χ0) is 13.9. The fourth-order valence-corrected chi connectivity index (χ4v) is 4.02. The average Bonchev–Trinajstić information content (AvgIpc) is 3.09. The van der Waals surface area contributed by atoms with Crippen LogP contribution in [0.2, 0.25) is 0 Å². The number of hydrogen-bond donors (Lipinski definition) is 1. The molecule has 0 saturated heterocycles. The third kappa shape index (κ3) is 2.95. The van der Waals surface area contributed by atoms with E-state index in [9.17, 15) is 4.79 Å². The SMILES string of the molecule is C[C@@H](NC(=O)/C=C/c1ccccc1)[C@@H]1C[C@H]2CC[C@H]1C2. The summed E-state index contributed by atoms with van der Waals surface area (Å²) in [6.45, 7) is 2.17. The molecule has 0 unspecified atom stereocenters. The molecule has 0 aromatic heterocycles. The van der Waals surface area contributed by atoms with Gasteiger partial charge in [0.15, 0.2) is 0 Å². The summed E-state index contributed by atoms with van der Waals surface area (Å²) in [5.41, 5.74) is 1.07. The summed E-state index contributed by atoms with van der Waals surface area (Å²) in [5.74, 6) is 2.52. The molecule has 2 aliphatic carbocycles. The Balaban J connectivity index is 1.52. The maximum atomic E-state index is 12.0. The monoisotopic (exact) mass is 269 g/mol. The minimum Gasteiger partial charge on any atom is -0.350 e. The Hall–Kier alpha value is -1.57. The molecule has 2 saturated carbocycles. The number of benzene rings is 1. The Morgan fingerprint density at radius 3 is 2.70 bits per heavy atom. The fourth-order valence-electron chi connectivity index (χ4n) is 4.02. The van der Waals surface area contributed by atoms with Crippen LogP contribution in [0, 0.1) is 17.8 Å². The Kier molecular flexibility index (Phi) is 3.90. The van der Waals surface area contributed by atoms with Crippen molar-refractivity contribution in [1.29, 1.82) is 0 Å². The normalized spacial score (nSPS) is 29.8. The Morgan fingerprint density at radius 1 is 1.25 bits per heavy atom. The van der Waals surface area contributed by atoms with Crippen molar-refractivity contribution in [3.8, 4) is 0 Å². The first-order valence-corrected chi connectivity index (χ1v) is 7.76. The molecule has 0 aliphatic heterocycles. The van der Waals surface area contributed by atoms with Gasteiger partial charge in [0.1, 0.15) is 0 Å². The van der Waals surface area contributed by atoms with Crippen LogP contribution in [0.5, 0.6) is 0 Å². The van der Waals surface area contributed by atoms with Gasteiger partial charge in [-0.3, -0.25) is 4.79 Å². The van der Waals surface area contributed by atoms with Crippen LogP contribution in [0.15, 0.2) is 36.4 Å². The van der Waals surface area contributed by atoms with Gasteiger partial charge in [-0.15, -0.1) is 0 Å². The predicted octanol–water partition coefficient (Wildman–Crippen LogP) is 3.64. The number of carbonyl (C=O) groups excluding carboxylic acids is 1. The first kappa shape index (κ1) is 13.4. The van der Waals surface area contributed by atoms with Crippen molar-refractivity contribution < 1.29 is 4.79 Å². The van der Waals surface area contributed by atoms with E-state index in [1.165, 1.54) is 25.7 Å². The third-order valence-corrected chi connectivity index (χ3v) is 5.03. The molecule has 2 nitrogen and oxygen atoms in total. The minimum atomic E-state index is 0.0316. The fraction of sp³-hybridized carbons (Fsp3) is 0.500. The number of amides is 1. The van der Waals surface area contributed by atoms with Gasteiger partial charge in [-0.25, -0.2) is 0 Å². The summed E-state index contributed by atoms with van der Waals surface area (Å²) < 4.78 is 0. The van der Waals surface area contributed by atoms with Crippen LogP contribution < -0.4 is 5.32 Å². The van der Waals surface area contributed by atoms with Crippen molar-refractivity contribution in [2.24, 2.45) is 17.8 Å². The van der Waals surface area contributed by atoms with E-state index in [4.69, 9.17) is 0 Å². The number of nitrogens with one attached hydrogen (secondary N) is 1. The Morgan fingerprint density at radius 2 is 2.05 bits per heavy atom. The largest absolute Gasteiger partial charge is 0.350 e. The third-order valence-electron chi connectivity index (χ3n) is 5.03. The molecule has 1 aromatic rings. The minimum absolute atomic E-state index is 0.0316. The lowest BCUT2D eigenvalue weighted by atomic mass is 9.84. The highest BCUT2D eigenvalue weighted by Crippen LogP contribution is 2.49. The van der Waals surface area contributed by atoms with E-state index in [0.29, 0.717) is 12.0 Å². The highest BCUT2D eigenvalue weighted by Gasteiger charge is 2.41. The average molecular weight is 269 g/mol. The van der Waals surface area contributed by atoms with Gasteiger partial charge in [-0.05, 0) is 55.6 Å². The first-order valence-electron chi connectivity index (χ1n) is 7.76. The predicted molar refractivity (Wildman–Crippen MR) is 82.0 cm³/mol. The molecule has 1 amide bonds. The summed E-state index contributed by atoms with van der Waals surface area (Å²) in [5, 5.41) is 3.15. The van der Waals surface area contributed by atoms with Crippen molar-refractivity contribution in [2.45, 2.75) is 38.6 Å². The van der Waals surface area contributed by atoms with Gasteiger partial charge in [0.2, 0.25) is 5.91 Å². The van der Waals surface area contributed by atoms with Crippen LogP contribution in [0.1, 0.15) is 38.2 Å². The van der Waals surface area contributed by atoms with Gasteiger partial charge >= 0.3 is 0 Å². The highest BCUT2D eigenvalue weighted by molar-refractivity contribution is 5.91.